The first-order valence-corrected chi connectivity index (χ1v) is 9.80. The number of nitrogens with one attached hydrogen (secondary N) is 2. The zero-order valence-electron chi connectivity index (χ0n) is 14.0. The van der Waals surface area contributed by atoms with Crippen LogP contribution in [-0.4, -0.2) is 63.0 Å². The maximum absolute atomic E-state index is 5.88. The Morgan fingerprint density at radius 3 is 2.77 bits per heavy atom. The third-order valence-electron chi connectivity index (χ3n) is 4.42. The van der Waals surface area contributed by atoms with Crippen LogP contribution in [-0.2, 0) is 9.47 Å². The summed E-state index contributed by atoms with van der Waals surface area (Å²) in [6, 6.07) is 0.571. The molecule has 1 saturated heterocycles. The van der Waals surface area contributed by atoms with Gasteiger partial charge >= 0.3 is 0 Å². The second-order valence-corrected chi connectivity index (χ2v) is 7.19. The van der Waals surface area contributed by atoms with Gasteiger partial charge in [-0.25, -0.2) is 0 Å². The highest BCUT2D eigenvalue weighted by molar-refractivity contribution is 7.99. The number of nitrogens with zero attached hydrogens (tertiary/aromatic N) is 1. The van der Waals surface area contributed by atoms with Gasteiger partial charge in [0.25, 0.3) is 0 Å². The minimum absolute atomic E-state index is 0.396. The third kappa shape index (κ3) is 6.34. The second kappa shape index (κ2) is 10.3. The number of hydrogen-bond donors (Lipinski definition) is 2. The summed E-state index contributed by atoms with van der Waals surface area (Å²) in [6.07, 6.45) is 9.49. The number of ether oxygens (including phenoxy) is 2. The first kappa shape index (κ1) is 17.9. The SMILES string of the molecule is CN=C(NCCCOC1CCOCC1)NC1CCC(SC)C1. The van der Waals surface area contributed by atoms with Crippen LogP contribution in [0.2, 0.25) is 0 Å². The van der Waals surface area contributed by atoms with E-state index < -0.39 is 0 Å². The van der Waals surface area contributed by atoms with E-state index in [1.54, 1.807) is 0 Å². The first-order chi connectivity index (χ1) is 10.8. The van der Waals surface area contributed by atoms with E-state index >= 15 is 0 Å². The van der Waals surface area contributed by atoms with Crippen molar-refractivity contribution in [1.82, 2.24) is 10.6 Å². The van der Waals surface area contributed by atoms with Crippen LogP contribution in [0.15, 0.2) is 4.99 Å². The molecule has 0 radical (unpaired) electrons. The summed E-state index contributed by atoms with van der Waals surface area (Å²) in [5, 5.41) is 7.74. The van der Waals surface area contributed by atoms with E-state index in [2.05, 4.69) is 21.9 Å². The minimum atomic E-state index is 0.396. The van der Waals surface area contributed by atoms with Crippen molar-refractivity contribution in [2.75, 3.05) is 39.7 Å². The Balaban J connectivity index is 1.53. The monoisotopic (exact) mass is 329 g/mol. The summed E-state index contributed by atoms with van der Waals surface area (Å²) < 4.78 is 11.2. The van der Waals surface area contributed by atoms with Crippen LogP contribution in [0.3, 0.4) is 0 Å². The largest absolute Gasteiger partial charge is 0.381 e. The molecular weight excluding hydrogens is 298 g/mol. The van der Waals surface area contributed by atoms with E-state index in [9.17, 15) is 0 Å². The predicted octanol–water partition coefficient (Wildman–Crippen LogP) is 2.02. The fourth-order valence-electron chi connectivity index (χ4n) is 3.04. The van der Waals surface area contributed by atoms with Crippen molar-refractivity contribution in [3.8, 4) is 0 Å². The molecule has 0 aromatic carbocycles. The molecule has 2 N–H and O–H groups in total. The number of guanidine groups is 1. The molecule has 0 bridgehead atoms. The quantitative estimate of drug-likeness (QED) is 0.425. The number of aliphatic imine (C=N–C) groups is 1. The van der Waals surface area contributed by atoms with Gasteiger partial charge in [0.05, 0.1) is 6.10 Å². The molecule has 1 aliphatic carbocycles. The lowest BCUT2D eigenvalue weighted by Crippen LogP contribution is -2.43. The second-order valence-electron chi connectivity index (χ2n) is 6.05. The molecule has 2 fully saturated rings. The molecule has 0 aromatic rings. The summed E-state index contributed by atoms with van der Waals surface area (Å²) in [5.74, 6) is 0.929. The van der Waals surface area contributed by atoms with Gasteiger partial charge in [-0.05, 0) is 44.8 Å². The Labute approximate surface area is 139 Å². The summed E-state index contributed by atoms with van der Waals surface area (Å²) in [7, 11) is 1.84. The zero-order chi connectivity index (χ0) is 15.6. The van der Waals surface area contributed by atoms with Crippen LogP contribution >= 0.6 is 11.8 Å². The highest BCUT2D eigenvalue weighted by atomic mass is 32.2. The normalized spacial score (nSPS) is 27.1. The standard InChI is InChI=1S/C16H31N3O2S/c1-17-16(19-13-4-5-15(12-13)22-2)18-8-3-9-21-14-6-10-20-11-7-14/h13-15H,3-12H2,1-2H3,(H2,17,18,19). The van der Waals surface area contributed by atoms with E-state index in [1.165, 1.54) is 19.3 Å². The van der Waals surface area contributed by atoms with Crippen molar-refractivity contribution in [2.45, 2.75) is 55.9 Å². The molecule has 6 heteroatoms. The molecule has 2 rings (SSSR count). The lowest BCUT2D eigenvalue weighted by atomic mass is 10.1. The molecule has 2 aliphatic rings. The van der Waals surface area contributed by atoms with E-state index in [0.717, 1.165) is 56.8 Å². The Bertz CT molecular complexity index is 335. The van der Waals surface area contributed by atoms with Crippen LogP contribution in [0.25, 0.3) is 0 Å². The molecule has 0 spiro atoms. The molecule has 22 heavy (non-hydrogen) atoms. The third-order valence-corrected chi connectivity index (χ3v) is 5.51. The molecule has 2 atom stereocenters. The predicted molar refractivity (Wildman–Crippen MR) is 93.8 cm³/mol. The van der Waals surface area contributed by atoms with Crippen molar-refractivity contribution in [1.29, 1.82) is 0 Å². The maximum atomic E-state index is 5.88. The Morgan fingerprint density at radius 2 is 2.09 bits per heavy atom. The van der Waals surface area contributed by atoms with Gasteiger partial charge in [0, 0.05) is 44.7 Å². The van der Waals surface area contributed by atoms with Gasteiger partial charge in [-0.3, -0.25) is 4.99 Å². The van der Waals surface area contributed by atoms with Crippen molar-refractivity contribution >= 4 is 17.7 Å². The lowest BCUT2D eigenvalue weighted by molar-refractivity contribution is -0.0320. The van der Waals surface area contributed by atoms with Gasteiger partial charge in [0.1, 0.15) is 0 Å². The van der Waals surface area contributed by atoms with E-state index in [1.807, 2.05) is 18.8 Å². The van der Waals surface area contributed by atoms with Crippen molar-refractivity contribution in [2.24, 2.45) is 4.99 Å². The average Bonchev–Trinajstić information content (AvgIpc) is 3.02. The van der Waals surface area contributed by atoms with Crippen LogP contribution in [0.1, 0.15) is 38.5 Å². The van der Waals surface area contributed by atoms with Crippen molar-refractivity contribution in [3.63, 3.8) is 0 Å². The highest BCUT2D eigenvalue weighted by Crippen LogP contribution is 2.27. The van der Waals surface area contributed by atoms with Crippen LogP contribution in [0.4, 0.5) is 0 Å². The van der Waals surface area contributed by atoms with Crippen LogP contribution in [0, 0.1) is 0 Å². The van der Waals surface area contributed by atoms with Crippen molar-refractivity contribution < 1.29 is 9.47 Å². The molecule has 2 unspecified atom stereocenters. The number of hydrogen-bond acceptors (Lipinski definition) is 4. The Morgan fingerprint density at radius 1 is 1.27 bits per heavy atom. The van der Waals surface area contributed by atoms with Crippen molar-refractivity contribution in [3.05, 3.63) is 0 Å². The molecule has 128 valence electrons. The van der Waals surface area contributed by atoms with E-state index in [4.69, 9.17) is 9.47 Å². The molecular formula is C16H31N3O2S. The minimum Gasteiger partial charge on any atom is -0.381 e. The Kier molecular flexibility index (Phi) is 8.41. The van der Waals surface area contributed by atoms with Gasteiger partial charge in [0.2, 0.25) is 0 Å². The maximum Gasteiger partial charge on any atom is 0.191 e. The average molecular weight is 330 g/mol. The zero-order valence-corrected chi connectivity index (χ0v) is 14.8. The summed E-state index contributed by atoms with van der Waals surface area (Å²) in [6.45, 7) is 3.41. The fourth-order valence-corrected chi connectivity index (χ4v) is 3.84. The molecule has 0 aromatic heterocycles. The van der Waals surface area contributed by atoms with Gasteiger partial charge < -0.3 is 20.1 Å². The molecule has 1 aliphatic heterocycles. The summed E-state index contributed by atoms with van der Waals surface area (Å²) >= 11 is 1.98. The number of rotatable bonds is 7. The van der Waals surface area contributed by atoms with Gasteiger partial charge in [0.15, 0.2) is 5.96 Å². The molecule has 1 saturated carbocycles. The fraction of sp³-hybridized carbons (Fsp3) is 0.938. The van der Waals surface area contributed by atoms with Gasteiger partial charge in [-0.1, -0.05) is 0 Å². The van der Waals surface area contributed by atoms with Gasteiger partial charge in [-0.2, -0.15) is 11.8 Å². The van der Waals surface area contributed by atoms with Crippen LogP contribution < -0.4 is 10.6 Å². The van der Waals surface area contributed by atoms with Crippen LogP contribution in [0.5, 0.6) is 0 Å². The molecule has 0 amide bonds. The number of thioether (sulfide) groups is 1. The highest BCUT2D eigenvalue weighted by Gasteiger charge is 2.24. The Hall–Kier alpha value is -0.460. The topological polar surface area (TPSA) is 54.9 Å². The van der Waals surface area contributed by atoms with E-state index in [0.29, 0.717) is 12.1 Å². The molecule has 5 nitrogen and oxygen atoms in total. The van der Waals surface area contributed by atoms with Gasteiger partial charge in [-0.15, -0.1) is 0 Å². The smallest absolute Gasteiger partial charge is 0.191 e. The molecule has 1 heterocycles. The summed E-state index contributed by atoms with van der Waals surface area (Å²) in [5.41, 5.74) is 0. The van der Waals surface area contributed by atoms with E-state index in [-0.39, 0.29) is 0 Å². The first-order valence-electron chi connectivity index (χ1n) is 8.51. The lowest BCUT2D eigenvalue weighted by Gasteiger charge is -2.22. The summed E-state index contributed by atoms with van der Waals surface area (Å²) in [4.78, 5) is 4.32.